The Morgan fingerprint density at radius 2 is 1.83 bits per heavy atom. The van der Waals surface area contributed by atoms with Crippen LogP contribution in [0, 0.1) is 19.8 Å². The molecule has 1 aliphatic rings. The van der Waals surface area contributed by atoms with Crippen molar-refractivity contribution in [1.29, 1.82) is 0 Å². The van der Waals surface area contributed by atoms with E-state index in [0.29, 0.717) is 18.9 Å². The van der Waals surface area contributed by atoms with Gasteiger partial charge in [-0.05, 0) is 26.0 Å². The summed E-state index contributed by atoms with van der Waals surface area (Å²) in [6.07, 6.45) is 0. The van der Waals surface area contributed by atoms with E-state index in [0.717, 1.165) is 11.3 Å². The fraction of sp³-hybridized carbons (Fsp3) is 0.353. The fourth-order valence-corrected chi connectivity index (χ4v) is 2.79. The molecule has 2 aromatic rings. The molecule has 0 spiro atoms. The van der Waals surface area contributed by atoms with Gasteiger partial charge in [-0.1, -0.05) is 17.2 Å². The molecule has 1 aromatic carbocycles. The summed E-state index contributed by atoms with van der Waals surface area (Å²) in [7, 11) is 0. The molecule has 0 radical (unpaired) electrons. The van der Waals surface area contributed by atoms with Gasteiger partial charge in [0.25, 0.3) is 0 Å². The van der Waals surface area contributed by atoms with Gasteiger partial charge in [0, 0.05) is 31.6 Å². The van der Waals surface area contributed by atoms with Gasteiger partial charge in [-0.2, -0.15) is 5.10 Å². The summed E-state index contributed by atoms with van der Waals surface area (Å²) < 4.78 is 0. The van der Waals surface area contributed by atoms with Crippen LogP contribution in [0.3, 0.4) is 0 Å². The summed E-state index contributed by atoms with van der Waals surface area (Å²) in [5, 5.41) is 9.91. The van der Waals surface area contributed by atoms with Crippen LogP contribution in [0.5, 0.6) is 0 Å². The first-order valence-corrected chi connectivity index (χ1v) is 7.63. The first-order chi connectivity index (χ1) is 10.9. The van der Waals surface area contributed by atoms with Crippen LogP contribution < -0.4 is 5.32 Å². The zero-order chi connectivity index (χ0) is 16.6. The molecule has 0 atom stereocenters. The quantitative estimate of drug-likeness (QED) is 0.911. The average Bonchev–Trinajstić information content (AvgIpc) is 2.83. The Morgan fingerprint density at radius 3 is 2.43 bits per heavy atom. The lowest BCUT2D eigenvalue weighted by molar-refractivity contribution is -0.139. The van der Waals surface area contributed by atoms with Crippen molar-refractivity contribution >= 4 is 17.6 Å². The summed E-state index contributed by atoms with van der Waals surface area (Å²) in [4.78, 5) is 24.9. The van der Waals surface area contributed by atoms with Gasteiger partial charge in [0.05, 0.1) is 11.6 Å². The Balaban J connectivity index is 1.66. The Kier molecular flexibility index (Phi) is 3.90. The number of aromatic amines is 1. The maximum Gasteiger partial charge on any atom is 0.232 e. The predicted octanol–water partition coefficient (Wildman–Crippen LogP) is 2.11. The van der Waals surface area contributed by atoms with Crippen LogP contribution >= 0.6 is 0 Å². The molecule has 6 nitrogen and oxygen atoms in total. The lowest BCUT2D eigenvalue weighted by atomic mass is 9.99. The summed E-state index contributed by atoms with van der Waals surface area (Å²) in [6.45, 7) is 6.57. The van der Waals surface area contributed by atoms with E-state index >= 15 is 0 Å². The van der Waals surface area contributed by atoms with E-state index < -0.39 is 0 Å². The number of nitrogens with one attached hydrogen (secondary N) is 2. The second kappa shape index (κ2) is 5.87. The van der Waals surface area contributed by atoms with Gasteiger partial charge in [-0.3, -0.25) is 14.7 Å². The van der Waals surface area contributed by atoms with E-state index in [9.17, 15) is 9.59 Å². The highest BCUT2D eigenvalue weighted by molar-refractivity contribution is 5.94. The van der Waals surface area contributed by atoms with Crippen molar-refractivity contribution < 1.29 is 9.59 Å². The highest BCUT2D eigenvalue weighted by atomic mass is 16.2. The van der Waals surface area contributed by atoms with E-state index in [2.05, 4.69) is 33.7 Å². The highest BCUT2D eigenvalue weighted by Crippen LogP contribution is 2.23. The number of hydrogen-bond donors (Lipinski definition) is 2. The Labute approximate surface area is 134 Å². The molecule has 3 rings (SSSR count). The lowest BCUT2D eigenvalue weighted by Gasteiger charge is -2.37. The fourth-order valence-electron chi connectivity index (χ4n) is 2.79. The van der Waals surface area contributed by atoms with Crippen LogP contribution in [0.1, 0.15) is 18.1 Å². The molecule has 120 valence electrons. The number of rotatable bonds is 3. The molecule has 0 aliphatic carbocycles. The Hall–Kier alpha value is -2.63. The van der Waals surface area contributed by atoms with Crippen LogP contribution in [0.25, 0.3) is 11.3 Å². The molecule has 0 bridgehead atoms. The number of benzene rings is 1. The first-order valence-electron chi connectivity index (χ1n) is 7.63. The number of aromatic nitrogens is 2. The summed E-state index contributed by atoms with van der Waals surface area (Å²) in [5.74, 6) is 0.262. The summed E-state index contributed by atoms with van der Waals surface area (Å²) in [6, 6.07) is 8.08. The minimum Gasteiger partial charge on any atom is -0.341 e. The van der Waals surface area contributed by atoms with Crippen LogP contribution in [-0.4, -0.2) is 40.0 Å². The number of anilines is 1. The average molecular weight is 312 g/mol. The van der Waals surface area contributed by atoms with Gasteiger partial charge in [-0.15, -0.1) is 0 Å². The molecule has 1 fully saturated rings. The van der Waals surface area contributed by atoms with E-state index in [4.69, 9.17) is 0 Å². The van der Waals surface area contributed by atoms with Crippen LogP contribution in [0.4, 0.5) is 5.82 Å². The SMILES string of the molecule is CC(=O)N1CC(C(=O)Nc2cc(-c3cc(C)cc(C)c3)[nH]n2)C1. The van der Waals surface area contributed by atoms with E-state index in [1.165, 1.54) is 18.1 Å². The highest BCUT2D eigenvalue weighted by Gasteiger charge is 2.34. The number of H-pyrrole nitrogens is 1. The maximum atomic E-state index is 12.1. The number of carbonyl (C=O) groups is 2. The Bertz CT molecular complexity index is 739. The van der Waals surface area contributed by atoms with Gasteiger partial charge in [-0.25, -0.2) is 0 Å². The molecule has 0 unspecified atom stereocenters. The molecule has 2 amide bonds. The third-order valence-electron chi connectivity index (χ3n) is 4.06. The zero-order valence-corrected chi connectivity index (χ0v) is 13.5. The third kappa shape index (κ3) is 3.26. The summed E-state index contributed by atoms with van der Waals surface area (Å²) >= 11 is 0. The molecule has 23 heavy (non-hydrogen) atoms. The van der Waals surface area contributed by atoms with Crippen molar-refractivity contribution in [2.75, 3.05) is 18.4 Å². The zero-order valence-electron chi connectivity index (χ0n) is 13.5. The maximum absolute atomic E-state index is 12.1. The van der Waals surface area contributed by atoms with Crippen LogP contribution in [0.2, 0.25) is 0 Å². The minimum absolute atomic E-state index is 0.00548. The number of nitrogens with zero attached hydrogens (tertiary/aromatic N) is 2. The smallest absolute Gasteiger partial charge is 0.232 e. The van der Waals surface area contributed by atoms with E-state index in [1.54, 1.807) is 4.90 Å². The van der Waals surface area contributed by atoms with Crippen molar-refractivity contribution in [3.05, 3.63) is 35.4 Å². The first kappa shape index (κ1) is 15.3. The topological polar surface area (TPSA) is 78.1 Å². The van der Waals surface area contributed by atoms with Crippen molar-refractivity contribution in [2.24, 2.45) is 5.92 Å². The van der Waals surface area contributed by atoms with Gasteiger partial charge < -0.3 is 10.2 Å². The van der Waals surface area contributed by atoms with Crippen molar-refractivity contribution in [2.45, 2.75) is 20.8 Å². The third-order valence-corrected chi connectivity index (χ3v) is 4.06. The molecule has 0 saturated carbocycles. The van der Waals surface area contributed by atoms with Gasteiger partial charge in [0.15, 0.2) is 5.82 Å². The normalized spacial score (nSPS) is 14.5. The molecule has 6 heteroatoms. The molecule has 1 saturated heterocycles. The molecule has 2 heterocycles. The molecular weight excluding hydrogens is 292 g/mol. The van der Waals surface area contributed by atoms with Gasteiger partial charge in [0.2, 0.25) is 11.8 Å². The number of aryl methyl sites for hydroxylation is 2. The van der Waals surface area contributed by atoms with Gasteiger partial charge >= 0.3 is 0 Å². The Morgan fingerprint density at radius 1 is 1.17 bits per heavy atom. The molecular formula is C17H20N4O2. The van der Waals surface area contributed by atoms with Crippen molar-refractivity contribution in [3.8, 4) is 11.3 Å². The van der Waals surface area contributed by atoms with Crippen molar-refractivity contribution in [3.63, 3.8) is 0 Å². The number of likely N-dealkylation sites (tertiary alicyclic amines) is 1. The molecule has 1 aromatic heterocycles. The van der Waals surface area contributed by atoms with E-state index in [-0.39, 0.29) is 17.7 Å². The van der Waals surface area contributed by atoms with Crippen molar-refractivity contribution in [1.82, 2.24) is 15.1 Å². The largest absolute Gasteiger partial charge is 0.341 e. The number of carbonyl (C=O) groups excluding carboxylic acids is 2. The number of amides is 2. The molecule has 1 aliphatic heterocycles. The predicted molar refractivity (Wildman–Crippen MR) is 87.9 cm³/mol. The standard InChI is InChI=1S/C17H20N4O2/c1-10-4-11(2)6-13(5-10)15-7-16(20-19-15)18-17(23)14-8-21(9-14)12(3)22/h4-7,14H,8-9H2,1-3H3,(H2,18,19,20,23). The van der Waals surface area contributed by atoms with Crippen LogP contribution in [-0.2, 0) is 9.59 Å². The minimum atomic E-state index is -0.153. The second-order valence-electron chi connectivity index (χ2n) is 6.15. The lowest BCUT2D eigenvalue weighted by Crippen LogP contribution is -2.53. The van der Waals surface area contributed by atoms with E-state index in [1.807, 2.05) is 19.9 Å². The monoisotopic (exact) mass is 312 g/mol. The molecule has 2 N–H and O–H groups in total. The second-order valence-corrected chi connectivity index (χ2v) is 6.15. The number of hydrogen-bond acceptors (Lipinski definition) is 3. The van der Waals surface area contributed by atoms with Gasteiger partial charge in [0.1, 0.15) is 0 Å². The summed E-state index contributed by atoms with van der Waals surface area (Å²) in [5.41, 5.74) is 4.27. The van der Waals surface area contributed by atoms with Crippen LogP contribution in [0.15, 0.2) is 24.3 Å².